The Labute approximate surface area is 169 Å². The summed E-state index contributed by atoms with van der Waals surface area (Å²) < 4.78 is 10.9. The van der Waals surface area contributed by atoms with Crippen LogP contribution in [0.15, 0.2) is 11.6 Å². The van der Waals surface area contributed by atoms with Gasteiger partial charge in [0.25, 0.3) is 0 Å². The molecule has 3 fully saturated rings. The molecule has 0 amide bonds. The van der Waals surface area contributed by atoms with E-state index in [2.05, 4.69) is 6.92 Å². The predicted octanol–water partition coefficient (Wildman–Crippen LogP) is 1.75. The van der Waals surface area contributed by atoms with E-state index in [1.807, 2.05) is 6.92 Å². The lowest BCUT2D eigenvalue weighted by atomic mass is 9.47. The summed E-state index contributed by atoms with van der Waals surface area (Å²) >= 11 is 0. The molecule has 0 aromatic carbocycles. The van der Waals surface area contributed by atoms with Gasteiger partial charge < -0.3 is 14.6 Å². The Morgan fingerprint density at radius 3 is 2.66 bits per heavy atom. The summed E-state index contributed by atoms with van der Waals surface area (Å²) in [6.45, 7) is 4.74. The minimum absolute atomic E-state index is 0.0177. The number of Topliss-reactive ketones (excluding diaryl/α,β-unsaturated/α-hetero) is 2. The number of carbonyl (C=O) groups excluding carboxylic acids is 4. The van der Waals surface area contributed by atoms with Gasteiger partial charge in [0.15, 0.2) is 5.60 Å². The highest BCUT2D eigenvalue weighted by Crippen LogP contribution is 2.66. The standard InChI is InChI=1S/C22H28O7/c1-12(24)29-22(17(26)10-23)9-16(25)19-14-5-4-13-8-18(27)28-11-20(13,2)15(14)6-7-21(19,22)3/h8,14-15,19,23H,4-7,9-11H2,1-3H3/t14-,15+,19-,20+,21+,22+/m1/s1. The van der Waals surface area contributed by atoms with E-state index in [0.717, 1.165) is 18.4 Å². The van der Waals surface area contributed by atoms with Crippen LogP contribution in [0.25, 0.3) is 0 Å². The van der Waals surface area contributed by atoms with Crippen molar-refractivity contribution in [1.29, 1.82) is 0 Å². The highest BCUT2D eigenvalue weighted by Gasteiger charge is 2.71. The molecule has 0 bridgehead atoms. The molecule has 158 valence electrons. The summed E-state index contributed by atoms with van der Waals surface area (Å²) in [5, 5.41) is 9.61. The number of carbonyl (C=O) groups is 4. The predicted molar refractivity (Wildman–Crippen MR) is 100 cm³/mol. The molecule has 7 heteroatoms. The van der Waals surface area contributed by atoms with Gasteiger partial charge in [-0.1, -0.05) is 19.4 Å². The van der Waals surface area contributed by atoms with Crippen LogP contribution in [-0.4, -0.2) is 47.4 Å². The van der Waals surface area contributed by atoms with E-state index in [1.165, 1.54) is 6.92 Å². The number of hydrogen-bond donors (Lipinski definition) is 1. The van der Waals surface area contributed by atoms with Crippen LogP contribution in [0.5, 0.6) is 0 Å². The second-order valence-corrected chi connectivity index (χ2v) is 9.58. The minimum atomic E-state index is -1.60. The van der Waals surface area contributed by atoms with Gasteiger partial charge >= 0.3 is 11.9 Å². The molecule has 0 radical (unpaired) electrons. The summed E-state index contributed by atoms with van der Waals surface area (Å²) in [5.41, 5.74) is -1.68. The van der Waals surface area contributed by atoms with Crippen LogP contribution in [0.4, 0.5) is 0 Å². The summed E-state index contributed by atoms with van der Waals surface area (Å²) in [5.74, 6) is -1.86. The molecular formula is C22H28O7. The normalized spacial score (nSPS) is 43.4. The third kappa shape index (κ3) is 2.59. The van der Waals surface area contributed by atoms with Crippen LogP contribution >= 0.6 is 0 Å². The van der Waals surface area contributed by atoms with Crippen LogP contribution in [0.2, 0.25) is 0 Å². The first kappa shape index (κ1) is 20.3. The van der Waals surface area contributed by atoms with Crippen LogP contribution < -0.4 is 0 Å². The zero-order chi connectivity index (χ0) is 21.2. The molecule has 7 nitrogen and oxygen atoms in total. The molecular weight excluding hydrogens is 376 g/mol. The number of aliphatic hydroxyl groups is 1. The van der Waals surface area contributed by atoms with E-state index in [4.69, 9.17) is 9.47 Å². The average molecular weight is 404 g/mol. The number of ketones is 2. The lowest BCUT2D eigenvalue weighted by molar-refractivity contribution is -0.190. The van der Waals surface area contributed by atoms with Crippen molar-refractivity contribution in [2.24, 2.45) is 28.6 Å². The molecule has 29 heavy (non-hydrogen) atoms. The van der Waals surface area contributed by atoms with Crippen molar-refractivity contribution in [3.8, 4) is 0 Å². The Hall–Kier alpha value is -2.02. The van der Waals surface area contributed by atoms with Crippen molar-refractivity contribution >= 4 is 23.5 Å². The number of rotatable bonds is 3. The molecule has 1 N–H and O–H groups in total. The Kier molecular flexibility index (Phi) is 4.53. The van der Waals surface area contributed by atoms with Crippen molar-refractivity contribution in [3.63, 3.8) is 0 Å². The number of fused-ring (bicyclic) bond motifs is 5. The molecule has 0 unspecified atom stereocenters. The summed E-state index contributed by atoms with van der Waals surface area (Å²) in [7, 11) is 0. The van der Waals surface area contributed by atoms with Gasteiger partial charge in [0.05, 0.1) is 6.42 Å². The zero-order valence-corrected chi connectivity index (χ0v) is 17.2. The summed E-state index contributed by atoms with van der Waals surface area (Å²) in [6.07, 6.45) is 4.14. The van der Waals surface area contributed by atoms with E-state index in [1.54, 1.807) is 6.08 Å². The first-order valence-electron chi connectivity index (χ1n) is 10.3. The van der Waals surface area contributed by atoms with Crippen LogP contribution in [0, 0.1) is 28.6 Å². The highest BCUT2D eigenvalue weighted by molar-refractivity contribution is 6.01. The number of aliphatic hydroxyl groups excluding tert-OH is 1. The molecule has 1 heterocycles. The largest absolute Gasteiger partial charge is 0.462 e. The quantitative estimate of drug-likeness (QED) is 0.714. The molecule has 3 aliphatic carbocycles. The molecule has 4 rings (SSSR count). The molecule has 0 spiro atoms. The van der Waals surface area contributed by atoms with E-state index in [-0.39, 0.29) is 35.4 Å². The first-order chi connectivity index (χ1) is 13.6. The smallest absolute Gasteiger partial charge is 0.330 e. The Morgan fingerprint density at radius 1 is 1.28 bits per heavy atom. The zero-order valence-electron chi connectivity index (χ0n) is 17.2. The topological polar surface area (TPSA) is 107 Å². The Morgan fingerprint density at radius 2 is 2.00 bits per heavy atom. The lowest BCUT2D eigenvalue weighted by Gasteiger charge is -2.57. The third-order valence-electron chi connectivity index (χ3n) is 8.32. The molecule has 0 aromatic rings. The maximum Gasteiger partial charge on any atom is 0.330 e. The highest BCUT2D eigenvalue weighted by atomic mass is 16.6. The van der Waals surface area contributed by atoms with Gasteiger partial charge in [-0.25, -0.2) is 4.79 Å². The second kappa shape index (κ2) is 6.49. The molecule has 1 aliphatic heterocycles. The maximum atomic E-state index is 13.3. The monoisotopic (exact) mass is 404 g/mol. The van der Waals surface area contributed by atoms with E-state index >= 15 is 0 Å². The number of esters is 2. The third-order valence-corrected chi connectivity index (χ3v) is 8.32. The van der Waals surface area contributed by atoms with Gasteiger partial charge in [-0.3, -0.25) is 14.4 Å². The maximum absolute atomic E-state index is 13.3. The van der Waals surface area contributed by atoms with Gasteiger partial charge in [0, 0.05) is 29.7 Å². The fourth-order valence-corrected chi connectivity index (χ4v) is 6.98. The van der Waals surface area contributed by atoms with E-state index in [9.17, 15) is 24.3 Å². The Balaban J connectivity index is 1.76. The molecule has 0 aromatic heterocycles. The summed E-state index contributed by atoms with van der Waals surface area (Å²) in [6, 6.07) is 0. The molecule has 6 atom stereocenters. The van der Waals surface area contributed by atoms with E-state index in [0.29, 0.717) is 19.4 Å². The van der Waals surface area contributed by atoms with Crippen LogP contribution in [-0.2, 0) is 28.7 Å². The van der Waals surface area contributed by atoms with Gasteiger partial charge in [0.1, 0.15) is 19.0 Å². The van der Waals surface area contributed by atoms with Gasteiger partial charge in [-0.2, -0.15) is 0 Å². The lowest BCUT2D eigenvalue weighted by Crippen LogP contribution is -2.60. The summed E-state index contributed by atoms with van der Waals surface area (Å²) in [4.78, 5) is 49.7. The van der Waals surface area contributed by atoms with Crippen LogP contribution in [0.3, 0.4) is 0 Å². The SMILES string of the molecule is CC(=O)O[C@]1(C(=O)CO)CC(=O)[C@H]2[C@@H]3CCC4=CC(=O)OC[C@]4(C)[C@H]3CC[C@@]21C. The van der Waals surface area contributed by atoms with Gasteiger partial charge in [-0.15, -0.1) is 0 Å². The van der Waals surface area contributed by atoms with Crippen molar-refractivity contribution in [1.82, 2.24) is 0 Å². The van der Waals surface area contributed by atoms with E-state index < -0.39 is 35.3 Å². The van der Waals surface area contributed by atoms with Crippen molar-refractivity contribution in [3.05, 3.63) is 11.6 Å². The number of cyclic esters (lactones) is 1. The Bertz CT molecular complexity index is 829. The van der Waals surface area contributed by atoms with Crippen molar-refractivity contribution in [2.45, 2.75) is 58.5 Å². The fourth-order valence-electron chi connectivity index (χ4n) is 6.98. The van der Waals surface area contributed by atoms with Gasteiger partial charge in [0.2, 0.25) is 5.78 Å². The average Bonchev–Trinajstić information content (AvgIpc) is 2.88. The number of ether oxygens (including phenoxy) is 2. The molecule has 4 aliphatic rings. The molecule has 0 saturated heterocycles. The van der Waals surface area contributed by atoms with Crippen molar-refractivity contribution < 1.29 is 33.8 Å². The van der Waals surface area contributed by atoms with Gasteiger partial charge in [-0.05, 0) is 37.5 Å². The van der Waals surface area contributed by atoms with Crippen molar-refractivity contribution in [2.75, 3.05) is 13.2 Å². The first-order valence-corrected chi connectivity index (χ1v) is 10.3. The fraction of sp³-hybridized carbons (Fsp3) is 0.727. The number of hydrogen-bond acceptors (Lipinski definition) is 7. The minimum Gasteiger partial charge on any atom is -0.462 e. The molecule has 3 saturated carbocycles. The van der Waals surface area contributed by atoms with Crippen LogP contribution in [0.1, 0.15) is 52.9 Å². The second-order valence-electron chi connectivity index (χ2n) is 9.58.